The maximum atomic E-state index is 13.3. The highest BCUT2D eigenvalue weighted by molar-refractivity contribution is 7.20. The van der Waals surface area contributed by atoms with Crippen molar-refractivity contribution in [1.29, 1.82) is 0 Å². The van der Waals surface area contributed by atoms with Crippen LogP contribution in [0.15, 0.2) is 73.3 Å². The normalized spacial score (nSPS) is 10.8. The van der Waals surface area contributed by atoms with Gasteiger partial charge in [0, 0.05) is 30.2 Å². The number of ether oxygens (including phenoxy) is 1. The van der Waals surface area contributed by atoms with E-state index >= 15 is 0 Å². The Morgan fingerprint density at radius 3 is 2.72 bits per heavy atom. The van der Waals surface area contributed by atoms with Crippen LogP contribution < -0.4 is 9.64 Å². The first kappa shape index (κ1) is 19.0. The van der Waals surface area contributed by atoms with Gasteiger partial charge in [-0.3, -0.25) is 9.48 Å². The maximum absolute atomic E-state index is 13.3. The number of hydrogen-bond donors (Lipinski definition) is 0. The third-order valence-electron chi connectivity index (χ3n) is 4.69. The fourth-order valence-electron chi connectivity index (χ4n) is 3.31. The van der Waals surface area contributed by atoms with Gasteiger partial charge in [0.1, 0.15) is 16.3 Å². The van der Waals surface area contributed by atoms with E-state index in [-0.39, 0.29) is 5.91 Å². The fraction of sp³-hybridized carbons (Fsp3) is 0.130. The third kappa shape index (κ3) is 3.54. The molecule has 0 fully saturated rings. The number of nitrogens with zero attached hydrogens (tertiary/aromatic N) is 3. The Labute approximate surface area is 173 Å². The highest BCUT2D eigenvalue weighted by Crippen LogP contribution is 2.35. The van der Waals surface area contributed by atoms with Crippen molar-refractivity contribution in [3.05, 3.63) is 78.2 Å². The first-order valence-corrected chi connectivity index (χ1v) is 10.0. The van der Waals surface area contributed by atoms with Gasteiger partial charge < -0.3 is 9.64 Å². The van der Waals surface area contributed by atoms with Crippen molar-refractivity contribution in [2.45, 2.75) is 0 Å². The summed E-state index contributed by atoms with van der Waals surface area (Å²) in [5, 5.41) is 5.62. The Balaban J connectivity index is 1.77. The summed E-state index contributed by atoms with van der Waals surface area (Å²) >= 11 is 1.45. The molecule has 146 valence electrons. The second-order valence-corrected chi connectivity index (χ2v) is 7.60. The Morgan fingerprint density at radius 2 is 2.00 bits per heavy atom. The molecule has 0 spiro atoms. The highest BCUT2D eigenvalue weighted by atomic mass is 32.1. The third-order valence-corrected chi connectivity index (χ3v) is 5.88. The summed E-state index contributed by atoms with van der Waals surface area (Å²) in [5.74, 6) is 0.725. The van der Waals surface area contributed by atoms with E-state index in [0.29, 0.717) is 11.4 Å². The van der Waals surface area contributed by atoms with Crippen molar-refractivity contribution in [2.24, 2.45) is 7.05 Å². The van der Waals surface area contributed by atoms with Crippen molar-refractivity contribution in [3.8, 4) is 17.0 Å². The molecule has 0 aliphatic rings. The lowest BCUT2D eigenvalue weighted by Gasteiger charge is -2.20. The molecule has 29 heavy (non-hydrogen) atoms. The van der Waals surface area contributed by atoms with Crippen molar-refractivity contribution < 1.29 is 9.53 Å². The summed E-state index contributed by atoms with van der Waals surface area (Å²) in [5.41, 5.74) is 2.64. The average molecular weight is 404 g/mol. The maximum Gasteiger partial charge on any atom is 0.268 e. The molecule has 5 nitrogen and oxygen atoms in total. The number of hydrogen-bond acceptors (Lipinski definition) is 4. The van der Waals surface area contributed by atoms with E-state index in [4.69, 9.17) is 4.74 Å². The minimum Gasteiger partial charge on any atom is -0.497 e. The van der Waals surface area contributed by atoms with E-state index < -0.39 is 0 Å². The molecule has 1 amide bonds. The molecule has 4 aromatic rings. The smallest absolute Gasteiger partial charge is 0.268 e. The molecule has 0 aliphatic carbocycles. The van der Waals surface area contributed by atoms with Crippen LogP contribution in [0.5, 0.6) is 5.75 Å². The number of methoxy groups -OCH3 is 1. The Morgan fingerprint density at radius 1 is 1.21 bits per heavy atom. The number of amides is 1. The van der Waals surface area contributed by atoms with Crippen LogP contribution in [0.1, 0.15) is 9.67 Å². The number of rotatable bonds is 6. The highest BCUT2D eigenvalue weighted by Gasteiger charge is 2.22. The first-order chi connectivity index (χ1) is 14.1. The molecule has 0 saturated carbocycles. The lowest BCUT2D eigenvalue weighted by atomic mass is 10.1. The Hall–Kier alpha value is -3.38. The predicted molar refractivity (Wildman–Crippen MR) is 119 cm³/mol. The van der Waals surface area contributed by atoms with Gasteiger partial charge in [-0.25, -0.2) is 0 Å². The zero-order valence-corrected chi connectivity index (χ0v) is 17.1. The lowest BCUT2D eigenvalue weighted by molar-refractivity contribution is 0.0993. The summed E-state index contributed by atoms with van der Waals surface area (Å²) in [4.78, 5) is 16.7. The molecule has 0 N–H and O–H groups in total. The molecule has 0 unspecified atom stereocenters. The number of fused-ring (bicyclic) bond motifs is 1. The van der Waals surface area contributed by atoms with Crippen LogP contribution >= 0.6 is 11.3 Å². The number of anilines is 1. The minimum absolute atomic E-state index is 0.0473. The van der Waals surface area contributed by atoms with E-state index in [1.807, 2.05) is 72.4 Å². The molecule has 2 aromatic carbocycles. The first-order valence-electron chi connectivity index (χ1n) is 9.21. The monoisotopic (exact) mass is 403 g/mol. The van der Waals surface area contributed by atoms with Crippen molar-refractivity contribution in [1.82, 2.24) is 9.78 Å². The number of carbonyl (C=O) groups is 1. The second-order valence-electron chi connectivity index (χ2n) is 6.57. The summed E-state index contributed by atoms with van der Waals surface area (Å²) in [6.45, 7) is 4.25. The lowest BCUT2D eigenvalue weighted by Crippen LogP contribution is -2.30. The van der Waals surface area contributed by atoms with Crippen LogP contribution in [0.2, 0.25) is 0 Å². The Kier molecular flexibility index (Phi) is 5.18. The molecule has 0 radical (unpaired) electrons. The van der Waals surface area contributed by atoms with Gasteiger partial charge in [0.25, 0.3) is 5.91 Å². The summed E-state index contributed by atoms with van der Waals surface area (Å²) in [7, 11) is 3.54. The van der Waals surface area contributed by atoms with Crippen LogP contribution in [0.4, 0.5) is 5.69 Å². The van der Waals surface area contributed by atoms with Gasteiger partial charge in [0.05, 0.1) is 12.0 Å². The van der Waals surface area contributed by atoms with Gasteiger partial charge in [-0.05, 0) is 30.3 Å². The largest absolute Gasteiger partial charge is 0.497 e. The van der Waals surface area contributed by atoms with Gasteiger partial charge in [-0.15, -0.1) is 17.9 Å². The number of aryl methyl sites for hydroxylation is 1. The van der Waals surface area contributed by atoms with Crippen LogP contribution in [-0.4, -0.2) is 29.3 Å². The number of benzene rings is 2. The summed E-state index contributed by atoms with van der Waals surface area (Å²) in [6.07, 6.45) is 1.74. The Bertz CT molecular complexity index is 1180. The van der Waals surface area contributed by atoms with E-state index in [0.717, 1.165) is 32.9 Å². The topological polar surface area (TPSA) is 47.4 Å². The van der Waals surface area contributed by atoms with E-state index in [1.54, 1.807) is 18.1 Å². The van der Waals surface area contributed by atoms with Gasteiger partial charge in [-0.2, -0.15) is 5.10 Å². The molecule has 0 aliphatic heterocycles. The van der Waals surface area contributed by atoms with Crippen LogP contribution in [0.3, 0.4) is 0 Å². The average Bonchev–Trinajstić information content (AvgIpc) is 3.33. The number of thiophene rings is 1. The van der Waals surface area contributed by atoms with Crippen molar-refractivity contribution >= 4 is 33.1 Å². The standard InChI is InChI=1S/C23H21N3O2S/c1-4-13-26(17-10-6-5-7-11-17)22(27)20-15-19-21(24-25(2)23(19)29-20)16-9-8-12-18(14-16)28-3/h4-12,14-15H,1,13H2,2-3H3. The fourth-order valence-corrected chi connectivity index (χ4v) is 4.33. The van der Waals surface area contributed by atoms with Gasteiger partial charge in [0.15, 0.2) is 0 Å². The number of para-hydroxylation sites is 1. The molecule has 4 rings (SSSR count). The van der Waals surface area contributed by atoms with Gasteiger partial charge >= 0.3 is 0 Å². The zero-order chi connectivity index (χ0) is 20.4. The molecule has 6 heteroatoms. The molecule has 0 bridgehead atoms. The quantitative estimate of drug-likeness (QED) is 0.419. The molecule has 2 aromatic heterocycles. The van der Waals surface area contributed by atoms with E-state index in [2.05, 4.69) is 11.7 Å². The molecule has 0 atom stereocenters. The number of carbonyl (C=O) groups excluding carboxylic acids is 1. The second kappa shape index (κ2) is 7.93. The predicted octanol–water partition coefficient (Wildman–Crippen LogP) is 5.14. The molecular weight excluding hydrogens is 382 g/mol. The molecule has 0 saturated heterocycles. The van der Waals surface area contributed by atoms with Crippen molar-refractivity contribution in [2.75, 3.05) is 18.6 Å². The van der Waals surface area contributed by atoms with Crippen LogP contribution in [-0.2, 0) is 7.05 Å². The van der Waals surface area contributed by atoms with E-state index in [1.165, 1.54) is 11.3 Å². The van der Waals surface area contributed by atoms with Gasteiger partial charge in [0.2, 0.25) is 0 Å². The summed E-state index contributed by atoms with van der Waals surface area (Å²) in [6, 6.07) is 19.4. The summed E-state index contributed by atoms with van der Waals surface area (Å²) < 4.78 is 7.17. The molecule has 2 heterocycles. The van der Waals surface area contributed by atoms with Crippen LogP contribution in [0.25, 0.3) is 21.5 Å². The van der Waals surface area contributed by atoms with Crippen molar-refractivity contribution in [3.63, 3.8) is 0 Å². The molecular formula is C23H21N3O2S. The number of aromatic nitrogens is 2. The SMILES string of the molecule is C=CCN(C(=O)c1cc2c(-c3cccc(OC)c3)nn(C)c2s1)c1ccccc1. The zero-order valence-electron chi connectivity index (χ0n) is 16.3. The van der Waals surface area contributed by atoms with E-state index in [9.17, 15) is 4.79 Å². The van der Waals surface area contributed by atoms with Crippen LogP contribution in [0, 0.1) is 0 Å². The van der Waals surface area contributed by atoms with Gasteiger partial charge in [-0.1, -0.05) is 36.4 Å². The minimum atomic E-state index is -0.0473.